The maximum absolute atomic E-state index is 13.2. The number of nitrogens with one attached hydrogen (secondary N) is 3. The molecule has 9 aromatic rings. The highest BCUT2D eigenvalue weighted by Gasteiger charge is 2.35. The van der Waals surface area contributed by atoms with Gasteiger partial charge >= 0.3 is 18.1 Å². The van der Waals surface area contributed by atoms with E-state index < -0.39 is 0 Å². The number of amides is 6. The lowest BCUT2D eigenvalue weighted by molar-refractivity contribution is 0.168. The lowest BCUT2D eigenvalue weighted by Crippen LogP contribution is -2.57. The number of ether oxygens (including phenoxy) is 1. The third kappa shape index (κ3) is 15.5. The lowest BCUT2D eigenvalue weighted by Gasteiger charge is -2.41. The fraction of sp³-hybridized carbons (Fsp3) is 0.293. The van der Waals surface area contributed by atoms with Gasteiger partial charge in [-0.15, -0.1) is 0 Å². The number of rotatable bonds is 12. The SMILES string of the molecule is COc1ccc(NC(=O)N2CCN(c3ncnc4c3C=C(c3ccncc3)C4)C[C@H]2C)cn1.C[C@@H]1CN(c2ncnc3c2C=C(c2ccncc2)C3)CCN1C(=O)NCc1cccc(Cl)c1.C[C@H](NC(=O)N1CCN(c2ncnc3c2C=C(c2ccncc2)C3)C[C@H]1C)c1ccc(F)cc1. The number of pyridine rings is 4. The number of anilines is 4. The summed E-state index contributed by atoms with van der Waals surface area (Å²) in [7, 11) is 1.56. The van der Waals surface area contributed by atoms with Crippen molar-refractivity contribution in [1.29, 1.82) is 0 Å². The van der Waals surface area contributed by atoms with Crippen LogP contribution in [-0.4, -0.2) is 167 Å². The van der Waals surface area contributed by atoms with Crippen LogP contribution < -0.4 is 35.4 Å². The molecule has 6 amide bonds. The van der Waals surface area contributed by atoms with Crippen LogP contribution in [0.4, 0.5) is 41.9 Å². The fourth-order valence-electron chi connectivity index (χ4n) is 13.5. The summed E-state index contributed by atoms with van der Waals surface area (Å²) in [6.45, 7) is 14.5. The second-order valence-electron chi connectivity index (χ2n) is 25.4. The molecule has 15 rings (SSSR count). The summed E-state index contributed by atoms with van der Waals surface area (Å²) in [5, 5.41) is 9.65. The average molecular weight is 1360 g/mol. The van der Waals surface area contributed by atoms with Crippen molar-refractivity contribution in [2.45, 2.75) is 77.7 Å². The van der Waals surface area contributed by atoms with Crippen molar-refractivity contribution in [3.63, 3.8) is 0 Å². The maximum atomic E-state index is 13.2. The second-order valence-corrected chi connectivity index (χ2v) is 25.9. The predicted molar refractivity (Wildman–Crippen MR) is 386 cm³/mol. The van der Waals surface area contributed by atoms with Gasteiger partial charge in [0.05, 0.1) is 42.1 Å². The van der Waals surface area contributed by atoms with Crippen LogP contribution in [0, 0.1) is 5.82 Å². The van der Waals surface area contributed by atoms with Crippen LogP contribution in [0.2, 0.25) is 5.02 Å². The van der Waals surface area contributed by atoms with Gasteiger partial charge in [-0.2, -0.15) is 0 Å². The van der Waals surface area contributed by atoms with Crippen LogP contribution in [-0.2, 0) is 25.8 Å². The fourth-order valence-corrected chi connectivity index (χ4v) is 13.7. The molecule has 0 saturated carbocycles. The van der Waals surface area contributed by atoms with E-state index in [-0.39, 0.29) is 48.1 Å². The molecule has 100 heavy (non-hydrogen) atoms. The molecule has 510 valence electrons. The Hall–Kier alpha value is -11.3. The van der Waals surface area contributed by atoms with E-state index in [0.29, 0.717) is 75.5 Å². The van der Waals surface area contributed by atoms with Crippen molar-refractivity contribution in [3.8, 4) is 5.88 Å². The first-order valence-corrected chi connectivity index (χ1v) is 33.9. The predicted octanol–water partition coefficient (Wildman–Crippen LogP) is 11.2. The van der Waals surface area contributed by atoms with Crippen molar-refractivity contribution in [1.82, 2.24) is 75.2 Å². The van der Waals surface area contributed by atoms with E-state index in [2.05, 4.69) is 113 Å². The second kappa shape index (κ2) is 30.7. The van der Waals surface area contributed by atoms with E-state index in [1.54, 1.807) is 81.3 Å². The van der Waals surface area contributed by atoms with Crippen LogP contribution in [0.3, 0.4) is 0 Å². The molecule has 0 radical (unpaired) electrons. The van der Waals surface area contributed by atoms with Crippen molar-refractivity contribution in [2.75, 3.05) is 86.0 Å². The number of allylic oxidation sites excluding steroid dienone is 3. The van der Waals surface area contributed by atoms with Gasteiger partial charge in [0, 0.05) is 168 Å². The first kappa shape index (κ1) is 67.3. The van der Waals surface area contributed by atoms with Crippen molar-refractivity contribution < 1.29 is 23.5 Å². The number of urea groups is 3. The zero-order valence-corrected chi connectivity index (χ0v) is 57.0. The summed E-state index contributed by atoms with van der Waals surface area (Å²) < 4.78 is 18.3. The number of benzene rings is 2. The minimum Gasteiger partial charge on any atom is -0.481 e. The Morgan fingerprint density at radius 1 is 0.540 bits per heavy atom. The molecule has 0 bridgehead atoms. The largest absolute Gasteiger partial charge is 0.481 e. The first-order valence-electron chi connectivity index (χ1n) is 33.5. The number of hydrogen-bond donors (Lipinski definition) is 3. The molecule has 25 heteroatoms. The normalized spacial score (nSPS) is 17.8. The van der Waals surface area contributed by atoms with Crippen molar-refractivity contribution in [3.05, 3.63) is 232 Å². The van der Waals surface area contributed by atoms with Gasteiger partial charge in [0.25, 0.3) is 0 Å². The monoisotopic (exact) mass is 1360 g/mol. The van der Waals surface area contributed by atoms with Gasteiger partial charge < -0.3 is 50.1 Å². The Bertz CT molecular complexity index is 4500. The van der Waals surface area contributed by atoms with Crippen LogP contribution in [0.5, 0.6) is 5.88 Å². The summed E-state index contributed by atoms with van der Waals surface area (Å²) in [6, 6.07) is 28.9. The van der Waals surface area contributed by atoms with Crippen LogP contribution in [0.25, 0.3) is 34.9 Å². The number of aromatic nitrogens is 10. The molecule has 3 N–H and O–H groups in total. The molecular weight excluding hydrogens is 1290 g/mol. The summed E-state index contributed by atoms with van der Waals surface area (Å²) in [6.07, 6.45) is 26.2. The third-order valence-corrected chi connectivity index (χ3v) is 19.1. The molecule has 3 saturated heterocycles. The number of nitrogens with zero attached hydrogens (tertiary/aromatic N) is 16. The Morgan fingerprint density at radius 3 is 1.39 bits per heavy atom. The zero-order valence-electron chi connectivity index (χ0n) is 56.3. The van der Waals surface area contributed by atoms with E-state index in [0.717, 1.165) is 105 Å². The van der Waals surface area contributed by atoms with Gasteiger partial charge in [-0.3, -0.25) is 15.0 Å². The summed E-state index contributed by atoms with van der Waals surface area (Å²) >= 11 is 6.04. The quantitative estimate of drug-likeness (QED) is 0.103. The number of piperazine rings is 3. The number of fused-ring (bicyclic) bond motifs is 3. The third-order valence-electron chi connectivity index (χ3n) is 18.8. The number of carbonyl (C=O) groups is 3. The van der Waals surface area contributed by atoms with Crippen LogP contribution >= 0.6 is 11.6 Å². The van der Waals surface area contributed by atoms with Gasteiger partial charge in [0.2, 0.25) is 5.88 Å². The van der Waals surface area contributed by atoms with Gasteiger partial charge in [0.15, 0.2) is 0 Å². The molecule has 6 aliphatic rings. The average Bonchev–Trinajstić information content (AvgIpc) is 1.61. The first-order chi connectivity index (χ1) is 48.7. The van der Waals surface area contributed by atoms with Gasteiger partial charge in [-0.05, 0) is 157 Å². The molecule has 23 nitrogen and oxygen atoms in total. The highest BCUT2D eigenvalue weighted by molar-refractivity contribution is 6.30. The molecule has 7 aromatic heterocycles. The van der Waals surface area contributed by atoms with E-state index in [1.165, 1.54) is 28.9 Å². The lowest BCUT2D eigenvalue weighted by atomic mass is 10.1. The number of halogens is 2. The number of hydrogen-bond acceptors (Lipinski definition) is 17. The molecule has 0 unspecified atom stereocenters. The highest BCUT2D eigenvalue weighted by atomic mass is 35.5. The highest BCUT2D eigenvalue weighted by Crippen LogP contribution is 2.39. The van der Waals surface area contributed by atoms with E-state index in [9.17, 15) is 18.8 Å². The topological polar surface area (TPSA) is 245 Å². The molecule has 4 atom stereocenters. The molecule has 3 aliphatic carbocycles. The Kier molecular flexibility index (Phi) is 20.6. The molecule has 3 fully saturated rings. The van der Waals surface area contributed by atoms with Gasteiger partial charge in [0.1, 0.15) is 42.3 Å². The minimum atomic E-state index is -0.286. The zero-order chi connectivity index (χ0) is 69.2. The van der Waals surface area contributed by atoms with Crippen molar-refractivity contribution in [2.24, 2.45) is 0 Å². The van der Waals surface area contributed by atoms with Gasteiger partial charge in [-0.25, -0.2) is 53.7 Å². The molecular formula is C75H77ClFN19O4. The number of carbonyl (C=O) groups excluding carboxylic acids is 3. The van der Waals surface area contributed by atoms with Gasteiger partial charge in [-0.1, -0.05) is 35.9 Å². The standard InChI is InChI=1S/C26H27FN6O.C25H25ClN6O.C24H25N7O2/c1-17-15-32(11-12-33(17)26(34)31-18(2)19-3-5-22(27)6-4-19)25-23-13-21(14-24(23)29-16-30-25)20-7-9-28-10-8-20;1-17-15-31(9-10-32(17)25(33)28-14-18-3-2-4-21(26)11-18)24-22-12-20(13-23(22)29-16-30-24)19-5-7-27-8-6-19;1-16-14-30(9-10-31(16)24(32)29-19-3-4-22(33-2)26-13-19)23-20-11-18(12-21(20)27-15-28-23)17-5-7-25-8-6-17/h3-10,13,16-18H,11-12,14-15H2,1-2H3,(H,31,34);2-8,11-12,16-17H,9-10,13-15H2,1H3,(H,28,33);3-8,11,13,15-16H,9-10,12,14H2,1-2H3,(H,29,32)/t17-,18+;17-;16-/m111/s1. The van der Waals surface area contributed by atoms with Crippen LogP contribution in [0.15, 0.2) is 159 Å². The minimum absolute atomic E-state index is 0.00448. The van der Waals surface area contributed by atoms with E-state index >= 15 is 0 Å². The Balaban J connectivity index is 0.000000134. The summed E-state index contributed by atoms with van der Waals surface area (Å²) in [4.78, 5) is 94.9. The molecule has 10 heterocycles. The molecule has 3 aliphatic heterocycles. The summed E-state index contributed by atoms with van der Waals surface area (Å²) in [5.74, 6) is 3.00. The maximum Gasteiger partial charge on any atom is 0.322 e. The van der Waals surface area contributed by atoms with E-state index in [1.807, 2.05) is 102 Å². The number of methoxy groups -OCH3 is 1. The molecule has 0 spiro atoms. The summed E-state index contributed by atoms with van der Waals surface area (Å²) in [5.41, 5.74) is 15.9. The smallest absolute Gasteiger partial charge is 0.322 e. The van der Waals surface area contributed by atoms with Crippen LogP contribution in [0.1, 0.15) is 95.3 Å². The van der Waals surface area contributed by atoms with Crippen molar-refractivity contribution >= 4 is 87.8 Å². The molecule has 2 aromatic carbocycles. The van der Waals surface area contributed by atoms with E-state index in [4.69, 9.17) is 16.3 Å². The Labute approximate surface area is 585 Å². The Morgan fingerprint density at radius 2 is 0.980 bits per heavy atom.